The van der Waals surface area contributed by atoms with Crippen LogP contribution in [0.25, 0.3) is 0 Å². The molecule has 0 aliphatic heterocycles. The maximum Gasteiger partial charge on any atom is 0.124 e. The summed E-state index contributed by atoms with van der Waals surface area (Å²) in [5.74, 6) is 1.04. The Morgan fingerprint density at radius 2 is 2.11 bits per heavy atom. The molecule has 0 spiro atoms. The lowest BCUT2D eigenvalue weighted by molar-refractivity contribution is 0.537. The number of anilines is 1. The van der Waals surface area contributed by atoms with E-state index in [2.05, 4.69) is 29.4 Å². The minimum Gasteiger partial charge on any atom is -0.366 e. The zero-order valence-electron chi connectivity index (χ0n) is 11.2. The standard InChI is InChI=1S/C12H19N5.ClH/c1-9(2)17-12(5-6-14-17)13-7-11-8-16(4)15-10(11)3;/h5-6,8-9,13H,7H2,1-4H3;1H. The number of halogens is 1. The van der Waals surface area contributed by atoms with Gasteiger partial charge in [-0.2, -0.15) is 10.2 Å². The van der Waals surface area contributed by atoms with Gasteiger partial charge in [-0.15, -0.1) is 12.4 Å². The molecule has 0 saturated heterocycles. The average Bonchev–Trinajstić information content (AvgIpc) is 2.82. The fourth-order valence-electron chi connectivity index (χ4n) is 1.87. The van der Waals surface area contributed by atoms with E-state index < -0.39 is 0 Å². The summed E-state index contributed by atoms with van der Waals surface area (Å²) in [5.41, 5.74) is 2.28. The van der Waals surface area contributed by atoms with Gasteiger partial charge in [0.15, 0.2) is 0 Å². The van der Waals surface area contributed by atoms with Gasteiger partial charge in [0.05, 0.1) is 11.9 Å². The summed E-state index contributed by atoms with van der Waals surface area (Å²) < 4.78 is 3.82. The first kappa shape index (κ1) is 14.6. The van der Waals surface area contributed by atoms with Gasteiger partial charge in [0.2, 0.25) is 0 Å². The SMILES string of the molecule is Cc1nn(C)cc1CNc1ccnn1C(C)C.Cl. The summed E-state index contributed by atoms with van der Waals surface area (Å²) >= 11 is 0. The molecule has 0 fully saturated rings. The van der Waals surface area contributed by atoms with Gasteiger partial charge in [0, 0.05) is 37.5 Å². The first-order valence-corrected chi connectivity index (χ1v) is 5.84. The topological polar surface area (TPSA) is 47.7 Å². The van der Waals surface area contributed by atoms with Crippen LogP contribution in [0.3, 0.4) is 0 Å². The van der Waals surface area contributed by atoms with Crippen LogP contribution in [0.4, 0.5) is 5.82 Å². The quantitative estimate of drug-likeness (QED) is 0.928. The molecule has 18 heavy (non-hydrogen) atoms. The van der Waals surface area contributed by atoms with Crippen molar-refractivity contribution >= 4 is 18.2 Å². The smallest absolute Gasteiger partial charge is 0.124 e. The zero-order valence-corrected chi connectivity index (χ0v) is 12.0. The van der Waals surface area contributed by atoms with Crippen molar-refractivity contribution in [2.24, 2.45) is 7.05 Å². The second kappa shape index (κ2) is 5.91. The molecule has 0 aromatic carbocycles. The molecule has 0 aliphatic rings. The molecule has 0 aliphatic carbocycles. The molecule has 2 rings (SSSR count). The lowest BCUT2D eigenvalue weighted by Crippen LogP contribution is -2.09. The van der Waals surface area contributed by atoms with Crippen LogP contribution < -0.4 is 5.32 Å². The predicted octanol–water partition coefficient (Wildman–Crippen LogP) is 2.54. The highest BCUT2D eigenvalue weighted by atomic mass is 35.5. The van der Waals surface area contributed by atoms with Gasteiger partial charge >= 0.3 is 0 Å². The van der Waals surface area contributed by atoms with Crippen LogP contribution in [-0.4, -0.2) is 19.6 Å². The Morgan fingerprint density at radius 1 is 1.39 bits per heavy atom. The average molecular weight is 270 g/mol. The van der Waals surface area contributed by atoms with Crippen molar-refractivity contribution < 1.29 is 0 Å². The van der Waals surface area contributed by atoms with Crippen LogP contribution in [0.1, 0.15) is 31.1 Å². The maximum absolute atomic E-state index is 4.32. The number of hydrogen-bond acceptors (Lipinski definition) is 3. The van der Waals surface area contributed by atoms with E-state index >= 15 is 0 Å². The zero-order chi connectivity index (χ0) is 12.4. The van der Waals surface area contributed by atoms with E-state index in [9.17, 15) is 0 Å². The van der Waals surface area contributed by atoms with E-state index in [1.165, 1.54) is 5.56 Å². The molecule has 0 bridgehead atoms. The first-order chi connectivity index (χ1) is 8.08. The van der Waals surface area contributed by atoms with Crippen LogP contribution in [0.2, 0.25) is 0 Å². The summed E-state index contributed by atoms with van der Waals surface area (Å²) in [6.45, 7) is 7.04. The molecule has 0 unspecified atom stereocenters. The minimum atomic E-state index is 0. The van der Waals surface area contributed by atoms with Gasteiger partial charge in [0.25, 0.3) is 0 Å². The number of aryl methyl sites for hydroxylation is 2. The number of rotatable bonds is 4. The fourth-order valence-corrected chi connectivity index (χ4v) is 1.87. The van der Waals surface area contributed by atoms with Crippen LogP contribution in [0.15, 0.2) is 18.5 Å². The summed E-state index contributed by atoms with van der Waals surface area (Å²) in [6.07, 6.45) is 3.86. The normalized spacial score (nSPS) is 10.5. The third kappa shape index (κ3) is 3.04. The van der Waals surface area contributed by atoms with E-state index in [1.807, 2.05) is 41.8 Å². The van der Waals surface area contributed by atoms with Crippen molar-refractivity contribution in [2.45, 2.75) is 33.4 Å². The van der Waals surface area contributed by atoms with E-state index in [0.717, 1.165) is 18.1 Å². The second-order valence-electron chi connectivity index (χ2n) is 4.52. The highest BCUT2D eigenvalue weighted by molar-refractivity contribution is 5.85. The second-order valence-corrected chi connectivity index (χ2v) is 4.52. The molecule has 0 atom stereocenters. The number of nitrogens with zero attached hydrogens (tertiary/aromatic N) is 4. The van der Waals surface area contributed by atoms with Crippen LogP contribution in [-0.2, 0) is 13.6 Å². The summed E-state index contributed by atoms with van der Waals surface area (Å²) in [5, 5.41) is 12.0. The third-order valence-corrected chi connectivity index (χ3v) is 2.73. The van der Waals surface area contributed by atoms with Crippen molar-refractivity contribution in [1.82, 2.24) is 19.6 Å². The molecule has 2 heterocycles. The summed E-state index contributed by atoms with van der Waals surface area (Å²) in [4.78, 5) is 0. The Kier molecular flexibility index (Phi) is 4.78. The summed E-state index contributed by atoms with van der Waals surface area (Å²) in [6, 6.07) is 2.36. The number of aromatic nitrogens is 4. The molecule has 0 amide bonds. The minimum absolute atomic E-state index is 0. The van der Waals surface area contributed by atoms with Crippen molar-refractivity contribution in [3.63, 3.8) is 0 Å². The molecule has 2 aromatic rings. The van der Waals surface area contributed by atoms with Gasteiger partial charge in [-0.3, -0.25) is 4.68 Å². The van der Waals surface area contributed by atoms with Crippen LogP contribution >= 0.6 is 12.4 Å². The van der Waals surface area contributed by atoms with Crippen molar-refractivity contribution in [3.8, 4) is 0 Å². The molecule has 6 heteroatoms. The van der Waals surface area contributed by atoms with Gasteiger partial charge < -0.3 is 5.32 Å². The monoisotopic (exact) mass is 269 g/mol. The highest BCUT2D eigenvalue weighted by Crippen LogP contribution is 2.15. The van der Waals surface area contributed by atoms with Gasteiger partial charge in [-0.05, 0) is 20.8 Å². The Morgan fingerprint density at radius 3 is 2.67 bits per heavy atom. The molecule has 1 N–H and O–H groups in total. The molecular formula is C12H20ClN5. The van der Waals surface area contributed by atoms with Crippen molar-refractivity contribution in [3.05, 3.63) is 29.7 Å². The lowest BCUT2D eigenvalue weighted by Gasteiger charge is -2.12. The fraction of sp³-hybridized carbons (Fsp3) is 0.500. The first-order valence-electron chi connectivity index (χ1n) is 5.84. The summed E-state index contributed by atoms with van der Waals surface area (Å²) in [7, 11) is 1.94. The molecule has 100 valence electrons. The van der Waals surface area contributed by atoms with E-state index in [0.29, 0.717) is 6.04 Å². The third-order valence-electron chi connectivity index (χ3n) is 2.73. The Hall–Kier alpha value is -1.49. The van der Waals surface area contributed by atoms with Crippen LogP contribution in [0.5, 0.6) is 0 Å². The Bertz CT molecular complexity index is 500. The Balaban J connectivity index is 0.00000162. The van der Waals surface area contributed by atoms with Crippen LogP contribution in [0, 0.1) is 6.92 Å². The lowest BCUT2D eigenvalue weighted by atomic mass is 10.2. The van der Waals surface area contributed by atoms with Gasteiger partial charge in [0.1, 0.15) is 5.82 Å². The van der Waals surface area contributed by atoms with E-state index in [1.54, 1.807) is 0 Å². The number of nitrogens with one attached hydrogen (secondary N) is 1. The molecule has 5 nitrogen and oxygen atoms in total. The van der Waals surface area contributed by atoms with Gasteiger partial charge in [-0.1, -0.05) is 0 Å². The maximum atomic E-state index is 4.32. The predicted molar refractivity (Wildman–Crippen MR) is 75.1 cm³/mol. The molecule has 0 radical (unpaired) electrons. The van der Waals surface area contributed by atoms with E-state index in [-0.39, 0.29) is 12.4 Å². The van der Waals surface area contributed by atoms with Crippen molar-refractivity contribution in [1.29, 1.82) is 0 Å². The van der Waals surface area contributed by atoms with E-state index in [4.69, 9.17) is 0 Å². The molecular weight excluding hydrogens is 250 g/mol. The van der Waals surface area contributed by atoms with Crippen molar-refractivity contribution in [2.75, 3.05) is 5.32 Å². The van der Waals surface area contributed by atoms with Gasteiger partial charge in [-0.25, -0.2) is 4.68 Å². The Labute approximate surface area is 114 Å². The molecule has 0 saturated carbocycles. The highest BCUT2D eigenvalue weighted by Gasteiger charge is 2.07. The number of hydrogen-bond donors (Lipinski definition) is 1. The molecule has 2 aromatic heterocycles. The largest absolute Gasteiger partial charge is 0.366 e.